The zero-order chi connectivity index (χ0) is 21.5. The van der Waals surface area contributed by atoms with Gasteiger partial charge in [-0.05, 0) is 48.1 Å². The molecule has 2 atom stereocenters. The van der Waals surface area contributed by atoms with E-state index in [-0.39, 0.29) is 18.0 Å². The maximum absolute atomic E-state index is 12.5. The van der Waals surface area contributed by atoms with E-state index in [9.17, 15) is 4.79 Å². The van der Waals surface area contributed by atoms with Gasteiger partial charge in [0.25, 0.3) is 5.91 Å². The predicted molar refractivity (Wildman–Crippen MR) is 118 cm³/mol. The summed E-state index contributed by atoms with van der Waals surface area (Å²) in [6.45, 7) is 4.43. The standard InChI is InChI=1S/C23H30N4O3/c1-15(2)11-16-5-7-17(8-6-16)20-13-21(26-25-20)23(28)27-24-14-18-12-19(29-3)9-10-22(18)30-4/h5-10,12,14-15,20-21,25-26H,11,13H2,1-4H3,(H,27,28)/b24-14+. The fraction of sp³-hybridized carbons (Fsp3) is 0.391. The number of carbonyl (C=O) groups excluding carboxylic acids is 1. The first kappa shape index (κ1) is 21.8. The molecule has 1 amide bonds. The van der Waals surface area contributed by atoms with E-state index in [1.165, 1.54) is 5.56 Å². The van der Waals surface area contributed by atoms with Gasteiger partial charge in [0.2, 0.25) is 0 Å². The second-order valence-electron chi connectivity index (χ2n) is 7.81. The third-order valence-corrected chi connectivity index (χ3v) is 5.06. The topological polar surface area (TPSA) is 84.0 Å². The van der Waals surface area contributed by atoms with E-state index in [0.29, 0.717) is 29.4 Å². The molecule has 2 aromatic carbocycles. The Morgan fingerprint density at radius 3 is 2.60 bits per heavy atom. The van der Waals surface area contributed by atoms with Crippen molar-refractivity contribution < 1.29 is 14.3 Å². The average Bonchev–Trinajstić information content (AvgIpc) is 3.24. The molecule has 1 heterocycles. The monoisotopic (exact) mass is 410 g/mol. The highest BCUT2D eigenvalue weighted by molar-refractivity contribution is 5.87. The third kappa shape index (κ3) is 5.58. The predicted octanol–water partition coefficient (Wildman–Crippen LogP) is 2.96. The first-order valence-electron chi connectivity index (χ1n) is 10.1. The van der Waals surface area contributed by atoms with Gasteiger partial charge in [0.1, 0.15) is 17.5 Å². The highest BCUT2D eigenvalue weighted by atomic mass is 16.5. The summed E-state index contributed by atoms with van der Waals surface area (Å²) in [7, 11) is 3.18. The molecule has 1 aliphatic rings. The van der Waals surface area contributed by atoms with E-state index in [1.54, 1.807) is 38.6 Å². The Hall–Kier alpha value is -2.90. The van der Waals surface area contributed by atoms with Crippen molar-refractivity contribution in [2.45, 2.75) is 38.8 Å². The van der Waals surface area contributed by atoms with Gasteiger partial charge in [0.05, 0.1) is 20.4 Å². The zero-order valence-corrected chi connectivity index (χ0v) is 17.9. The number of ether oxygens (including phenoxy) is 2. The van der Waals surface area contributed by atoms with Crippen molar-refractivity contribution in [1.82, 2.24) is 16.3 Å². The minimum absolute atomic E-state index is 0.0799. The lowest BCUT2D eigenvalue weighted by molar-refractivity contribution is -0.122. The fourth-order valence-corrected chi connectivity index (χ4v) is 3.49. The Balaban J connectivity index is 1.55. The molecule has 0 aromatic heterocycles. The van der Waals surface area contributed by atoms with Crippen LogP contribution in [0.15, 0.2) is 47.6 Å². The molecular weight excluding hydrogens is 380 g/mol. The van der Waals surface area contributed by atoms with Crippen molar-refractivity contribution in [3.8, 4) is 11.5 Å². The Morgan fingerprint density at radius 2 is 1.93 bits per heavy atom. The van der Waals surface area contributed by atoms with Gasteiger partial charge in [-0.2, -0.15) is 5.10 Å². The molecule has 0 spiro atoms. The van der Waals surface area contributed by atoms with E-state index in [2.05, 4.69) is 59.5 Å². The van der Waals surface area contributed by atoms with Crippen LogP contribution in [0.3, 0.4) is 0 Å². The lowest BCUT2D eigenvalue weighted by Crippen LogP contribution is -2.41. The summed E-state index contributed by atoms with van der Waals surface area (Å²) < 4.78 is 10.5. The lowest BCUT2D eigenvalue weighted by Gasteiger charge is -2.11. The van der Waals surface area contributed by atoms with Crippen molar-refractivity contribution in [3.05, 3.63) is 59.2 Å². The Bertz CT molecular complexity index is 881. The van der Waals surface area contributed by atoms with Gasteiger partial charge >= 0.3 is 0 Å². The number of carbonyl (C=O) groups is 1. The molecule has 30 heavy (non-hydrogen) atoms. The van der Waals surface area contributed by atoms with E-state index >= 15 is 0 Å². The molecule has 7 heteroatoms. The van der Waals surface area contributed by atoms with E-state index < -0.39 is 0 Å². The summed E-state index contributed by atoms with van der Waals surface area (Å²) in [5.41, 5.74) is 12.1. The van der Waals surface area contributed by atoms with Gasteiger partial charge in [0, 0.05) is 11.6 Å². The van der Waals surface area contributed by atoms with Gasteiger partial charge in [-0.25, -0.2) is 16.3 Å². The third-order valence-electron chi connectivity index (χ3n) is 5.06. The van der Waals surface area contributed by atoms with Crippen LogP contribution in [0.2, 0.25) is 0 Å². The van der Waals surface area contributed by atoms with Crippen LogP contribution in [-0.4, -0.2) is 32.4 Å². The van der Waals surface area contributed by atoms with Gasteiger partial charge in [-0.1, -0.05) is 38.1 Å². The van der Waals surface area contributed by atoms with Crippen LogP contribution < -0.4 is 25.8 Å². The quantitative estimate of drug-likeness (QED) is 0.460. The summed E-state index contributed by atoms with van der Waals surface area (Å²) in [6.07, 6.45) is 3.26. The second-order valence-corrected chi connectivity index (χ2v) is 7.81. The smallest absolute Gasteiger partial charge is 0.258 e. The first-order chi connectivity index (χ1) is 14.5. The van der Waals surface area contributed by atoms with Gasteiger partial charge < -0.3 is 9.47 Å². The molecule has 1 fully saturated rings. The SMILES string of the molecule is COc1ccc(OC)c(/C=N/NC(=O)C2CC(c3ccc(CC(C)C)cc3)NN2)c1. The molecule has 2 aromatic rings. The number of hydrazone groups is 1. The summed E-state index contributed by atoms with van der Waals surface area (Å²) >= 11 is 0. The van der Waals surface area contributed by atoms with Gasteiger partial charge in [-0.15, -0.1) is 0 Å². The number of benzene rings is 2. The molecular formula is C23H30N4O3. The summed E-state index contributed by atoms with van der Waals surface area (Å²) in [6, 6.07) is 13.7. The molecule has 0 saturated carbocycles. The number of nitrogens with one attached hydrogen (secondary N) is 3. The number of hydrogen-bond donors (Lipinski definition) is 3. The first-order valence-corrected chi connectivity index (χ1v) is 10.1. The normalized spacial score (nSPS) is 18.7. The van der Waals surface area contributed by atoms with Gasteiger partial charge in [0.15, 0.2) is 0 Å². The minimum Gasteiger partial charge on any atom is -0.497 e. The molecule has 3 rings (SSSR count). The summed E-state index contributed by atoms with van der Waals surface area (Å²) in [4.78, 5) is 12.5. The maximum Gasteiger partial charge on any atom is 0.258 e. The number of hydrazine groups is 1. The molecule has 0 bridgehead atoms. The van der Waals surface area contributed by atoms with Crippen molar-refractivity contribution in [2.24, 2.45) is 11.0 Å². The van der Waals surface area contributed by atoms with Crippen LogP contribution in [0.4, 0.5) is 0 Å². The second kappa shape index (κ2) is 10.2. The largest absolute Gasteiger partial charge is 0.497 e. The van der Waals surface area contributed by atoms with Crippen molar-refractivity contribution in [2.75, 3.05) is 14.2 Å². The van der Waals surface area contributed by atoms with Crippen molar-refractivity contribution >= 4 is 12.1 Å². The Morgan fingerprint density at radius 1 is 1.17 bits per heavy atom. The molecule has 3 N–H and O–H groups in total. The van der Waals surface area contributed by atoms with Gasteiger partial charge in [-0.3, -0.25) is 4.79 Å². The molecule has 2 unspecified atom stereocenters. The van der Waals surface area contributed by atoms with Crippen LogP contribution in [0, 0.1) is 5.92 Å². The molecule has 0 aliphatic carbocycles. The van der Waals surface area contributed by atoms with Crippen LogP contribution >= 0.6 is 0 Å². The number of rotatable bonds is 8. The fourth-order valence-electron chi connectivity index (χ4n) is 3.49. The van der Waals surface area contributed by atoms with Crippen LogP contribution in [0.25, 0.3) is 0 Å². The minimum atomic E-state index is -0.366. The molecule has 7 nitrogen and oxygen atoms in total. The molecule has 0 radical (unpaired) electrons. The van der Waals surface area contributed by atoms with E-state index in [1.807, 2.05) is 0 Å². The highest BCUT2D eigenvalue weighted by Crippen LogP contribution is 2.24. The maximum atomic E-state index is 12.5. The molecule has 1 aliphatic heterocycles. The number of methoxy groups -OCH3 is 2. The number of hydrogen-bond acceptors (Lipinski definition) is 6. The average molecular weight is 411 g/mol. The number of amides is 1. The molecule has 160 valence electrons. The zero-order valence-electron chi connectivity index (χ0n) is 17.9. The van der Waals surface area contributed by atoms with Crippen molar-refractivity contribution in [1.29, 1.82) is 0 Å². The lowest BCUT2D eigenvalue weighted by atomic mass is 9.97. The summed E-state index contributed by atoms with van der Waals surface area (Å²) in [5.74, 6) is 1.77. The van der Waals surface area contributed by atoms with Crippen LogP contribution in [0.5, 0.6) is 11.5 Å². The van der Waals surface area contributed by atoms with Crippen LogP contribution in [-0.2, 0) is 11.2 Å². The van der Waals surface area contributed by atoms with E-state index in [4.69, 9.17) is 9.47 Å². The highest BCUT2D eigenvalue weighted by Gasteiger charge is 2.30. The molecule has 1 saturated heterocycles. The van der Waals surface area contributed by atoms with Crippen molar-refractivity contribution in [3.63, 3.8) is 0 Å². The summed E-state index contributed by atoms with van der Waals surface area (Å²) in [5, 5.41) is 4.08. The number of nitrogens with zero attached hydrogens (tertiary/aromatic N) is 1. The Kier molecular flexibility index (Phi) is 7.43. The van der Waals surface area contributed by atoms with E-state index in [0.717, 1.165) is 12.0 Å². The van der Waals surface area contributed by atoms with Crippen LogP contribution in [0.1, 0.15) is 43.0 Å². The Labute approximate surface area is 177 Å².